The van der Waals surface area contributed by atoms with Gasteiger partial charge in [0, 0.05) is 11.1 Å². The summed E-state index contributed by atoms with van der Waals surface area (Å²) in [6.07, 6.45) is 6.34. The van der Waals surface area contributed by atoms with Crippen molar-refractivity contribution in [1.29, 1.82) is 0 Å². The van der Waals surface area contributed by atoms with Crippen LogP contribution in [0.4, 0.5) is 0 Å². The lowest BCUT2D eigenvalue weighted by Crippen LogP contribution is -2.23. The number of aromatic nitrogens is 4. The minimum Gasteiger partial charge on any atom is -0.323 e. The molecule has 106 valence electrons. The number of thiophene rings is 1. The molecule has 0 saturated heterocycles. The number of nitrogens with one attached hydrogen (secondary N) is 1. The molecule has 0 atom stereocenters. The third-order valence-corrected chi connectivity index (χ3v) is 5.34. The molecule has 0 aromatic carbocycles. The molecular formula is C14H12N4OS2. The topological polar surface area (TPSA) is 63.6 Å². The molecule has 0 aliphatic heterocycles. The van der Waals surface area contributed by atoms with Crippen molar-refractivity contribution in [2.45, 2.75) is 25.8 Å². The summed E-state index contributed by atoms with van der Waals surface area (Å²) in [4.78, 5) is 26.3. The van der Waals surface area contributed by atoms with Gasteiger partial charge in [0.25, 0.3) is 5.56 Å². The summed E-state index contributed by atoms with van der Waals surface area (Å²) >= 11 is 7.01. The van der Waals surface area contributed by atoms with Gasteiger partial charge < -0.3 is 4.98 Å². The van der Waals surface area contributed by atoms with Crippen molar-refractivity contribution in [1.82, 2.24) is 19.5 Å². The maximum absolute atomic E-state index is 12.8. The van der Waals surface area contributed by atoms with Crippen molar-refractivity contribution in [3.8, 4) is 0 Å². The SMILES string of the molecule is O=c1c2c3c(sc2[nH]c(=S)n1Cc1ccncn1)CCC3. The first-order valence-electron chi connectivity index (χ1n) is 6.76. The maximum atomic E-state index is 12.8. The van der Waals surface area contributed by atoms with Gasteiger partial charge in [-0.05, 0) is 43.1 Å². The number of H-pyrrole nitrogens is 1. The summed E-state index contributed by atoms with van der Waals surface area (Å²) < 4.78 is 2.04. The van der Waals surface area contributed by atoms with Crippen molar-refractivity contribution in [2.75, 3.05) is 0 Å². The molecule has 5 nitrogen and oxygen atoms in total. The highest BCUT2D eigenvalue weighted by Crippen LogP contribution is 2.34. The van der Waals surface area contributed by atoms with Gasteiger partial charge in [-0.15, -0.1) is 11.3 Å². The van der Waals surface area contributed by atoms with Crippen LogP contribution >= 0.6 is 23.6 Å². The van der Waals surface area contributed by atoms with Gasteiger partial charge in [-0.2, -0.15) is 0 Å². The van der Waals surface area contributed by atoms with E-state index in [0.29, 0.717) is 11.3 Å². The molecule has 1 aliphatic carbocycles. The van der Waals surface area contributed by atoms with Crippen LogP contribution in [-0.4, -0.2) is 19.5 Å². The average molecular weight is 316 g/mol. The van der Waals surface area contributed by atoms with E-state index in [0.717, 1.165) is 35.2 Å². The Morgan fingerprint density at radius 1 is 1.43 bits per heavy atom. The molecule has 4 rings (SSSR count). The smallest absolute Gasteiger partial charge is 0.263 e. The zero-order valence-corrected chi connectivity index (χ0v) is 12.8. The largest absolute Gasteiger partial charge is 0.323 e. The Bertz CT molecular complexity index is 939. The molecule has 21 heavy (non-hydrogen) atoms. The fourth-order valence-corrected chi connectivity index (χ4v) is 4.42. The van der Waals surface area contributed by atoms with Gasteiger partial charge in [0.05, 0.1) is 17.6 Å². The highest BCUT2D eigenvalue weighted by atomic mass is 32.1. The van der Waals surface area contributed by atoms with E-state index in [9.17, 15) is 4.79 Å². The van der Waals surface area contributed by atoms with Crippen molar-refractivity contribution in [2.24, 2.45) is 0 Å². The van der Waals surface area contributed by atoms with Crippen LogP contribution in [0.2, 0.25) is 0 Å². The van der Waals surface area contributed by atoms with E-state index in [1.807, 2.05) is 0 Å². The monoisotopic (exact) mass is 316 g/mol. The zero-order valence-electron chi connectivity index (χ0n) is 11.1. The third kappa shape index (κ3) is 2.04. The first kappa shape index (κ1) is 12.8. The summed E-state index contributed by atoms with van der Waals surface area (Å²) in [7, 11) is 0. The molecule has 0 unspecified atom stereocenters. The van der Waals surface area contributed by atoms with Crippen LogP contribution in [0, 0.1) is 4.77 Å². The Morgan fingerprint density at radius 3 is 3.14 bits per heavy atom. The van der Waals surface area contributed by atoms with Crippen molar-refractivity contribution < 1.29 is 0 Å². The Balaban J connectivity index is 1.93. The van der Waals surface area contributed by atoms with Gasteiger partial charge in [-0.3, -0.25) is 9.36 Å². The lowest BCUT2D eigenvalue weighted by atomic mass is 10.2. The molecule has 1 N–H and O–H groups in total. The highest BCUT2D eigenvalue weighted by Gasteiger charge is 2.21. The second kappa shape index (κ2) is 4.85. The summed E-state index contributed by atoms with van der Waals surface area (Å²) in [5.74, 6) is 0. The number of aryl methyl sites for hydroxylation is 2. The summed E-state index contributed by atoms with van der Waals surface area (Å²) in [6, 6.07) is 1.80. The molecule has 3 heterocycles. The van der Waals surface area contributed by atoms with Gasteiger partial charge in [0.15, 0.2) is 4.77 Å². The molecule has 0 radical (unpaired) electrons. The van der Waals surface area contributed by atoms with E-state index in [4.69, 9.17) is 12.2 Å². The minimum absolute atomic E-state index is 0.00763. The van der Waals surface area contributed by atoms with Gasteiger partial charge in [0.2, 0.25) is 0 Å². The molecule has 7 heteroatoms. The number of rotatable bonds is 2. The highest BCUT2D eigenvalue weighted by molar-refractivity contribution is 7.71. The molecule has 0 bridgehead atoms. The van der Waals surface area contributed by atoms with Crippen LogP contribution in [0.3, 0.4) is 0 Å². The Kier molecular flexibility index (Phi) is 2.97. The minimum atomic E-state index is -0.00763. The third-order valence-electron chi connectivity index (χ3n) is 3.81. The van der Waals surface area contributed by atoms with Crippen LogP contribution in [0.5, 0.6) is 0 Å². The fraction of sp³-hybridized carbons (Fsp3) is 0.286. The van der Waals surface area contributed by atoms with Crippen molar-refractivity contribution in [3.63, 3.8) is 0 Å². The molecule has 0 spiro atoms. The molecular weight excluding hydrogens is 304 g/mol. The summed E-state index contributed by atoms with van der Waals surface area (Å²) in [5, 5.41) is 0.815. The predicted octanol–water partition coefficient (Wildman–Crippen LogP) is 2.45. The van der Waals surface area contributed by atoms with Crippen molar-refractivity contribution >= 4 is 33.8 Å². The maximum Gasteiger partial charge on any atom is 0.263 e. The molecule has 3 aromatic rings. The van der Waals surface area contributed by atoms with Crippen molar-refractivity contribution in [3.05, 3.63) is 49.8 Å². The zero-order chi connectivity index (χ0) is 14.4. The van der Waals surface area contributed by atoms with E-state index in [1.54, 1.807) is 28.2 Å². The van der Waals surface area contributed by atoms with Crippen LogP contribution in [-0.2, 0) is 19.4 Å². The predicted molar refractivity (Wildman–Crippen MR) is 84.4 cm³/mol. The van der Waals surface area contributed by atoms with Crippen LogP contribution in [0.1, 0.15) is 22.6 Å². The number of aromatic amines is 1. The van der Waals surface area contributed by atoms with Gasteiger partial charge in [0.1, 0.15) is 11.2 Å². The number of fused-ring (bicyclic) bond motifs is 3. The standard InChI is InChI=1S/C14H12N4OS2/c19-13-11-9-2-1-3-10(9)21-12(11)17-14(20)18(13)6-8-4-5-15-7-16-8/h4-5,7H,1-3,6H2,(H,17,20). The molecule has 1 aliphatic rings. The van der Waals surface area contributed by atoms with Gasteiger partial charge in [-0.1, -0.05) is 0 Å². The van der Waals surface area contributed by atoms with E-state index < -0.39 is 0 Å². The lowest BCUT2D eigenvalue weighted by molar-refractivity contribution is 0.714. The van der Waals surface area contributed by atoms with Crippen LogP contribution in [0.25, 0.3) is 10.2 Å². The Morgan fingerprint density at radius 2 is 2.33 bits per heavy atom. The molecule has 3 aromatic heterocycles. The Hall–Kier alpha value is -1.86. The molecule has 0 saturated carbocycles. The van der Waals surface area contributed by atoms with Crippen LogP contribution < -0.4 is 5.56 Å². The quantitative estimate of drug-likeness (QED) is 0.738. The van der Waals surface area contributed by atoms with E-state index in [1.165, 1.54) is 16.8 Å². The molecule has 0 amide bonds. The number of hydrogen-bond donors (Lipinski definition) is 1. The normalized spacial score (nSPS) is 13.7. The van der Waals surface area contributed by atoms with E-state index in [-0.39, 0.29) is 5.56 Å². The fourth-order valence-electron chi connectivity index (χ4n) is 2.83. The first-order chi connectivity index (χ1) is 10.2. The van der Waals surface area contributed by atoms with Gasteiger partial charge in [-0.25, -0.2) is 9.97 Å². The molecule has 0 fully saturated rings. The van der Waals surface area contributed by atoms with Gasteiger partial charge >= 0.3 is 0 Å². The summed E-state index contributed by atoms with van der Waals surface area (Å²) in [5.41, 5.74) is 1.98. The average Bonchev–Trinajstić information content (AvgIpc) is 3.04. The number of hydrogen-bond acceptors (Lipinski definition) is 5. The first-order valence-corrected chi connectivity index (χ1v) is 7.99. The van der Waals surface area contributed by atoms with Crippen LogP contribution in [0.15, 0.2) is 23.4 Å². The number of nitrogens with zero attached hydrogens (tertiary/aromatic N) is 3. The summed E-state index contributed by atoms with van der Waals surface area (Å²) in [6.45, 7) is 0.372. The Labute approximate surface area is 129 Å². The lowest BCUT2D eigenvalue weighted by Gasteiger charge is -2.06. The van der Waals surface area contributed by atoms with E-state index in [2.05, 4.69) is 15.0 Å². The second-order valence-electron chi connectivity index (χ2n) is 5.08. The second-order valence-corrected chi connectivity index (χ2v) is 6.58. The van der Waals surface area contributed by atoms with E-state index >= 15 is 0 Å².